The first kappa shape index (κ1) is 17.2. The first-order chi connectivity index (χ1) is 9.83. The number of nitrogens with one attached hydrogen (secondary N) is 1. The molecule has 118 valence electrons. The standard InChI is InChI=1S/C14H20F2N2O3/c1-8(2)6-10(17)13(19)18-11-7-9(20-3)4-5-12(11)21-14(15)16/h4-5,7-8,10,14H,6,17H2,1-3H3,(H,18,19). The van der Waals surface area contributed by atoms with Crippen molar-refractivity contribution in [1.29, 1.82) is 0 Å². The third-order valence-corrected chi connectivity index (χ3v) is 2.72. The van der Waals surface area contributed by atoms with E-state index in [2.05, 4.69) is 10.1 Å². The molecule has 1 aromatic carbocycles. The molecule has 0 aliphatic heterocycles. The number of hydrogen-bond acceptors (Lipinski definition) is 4. The number of rotatable bonds is 7. The van der Waals surface area contributed by atoms with Crippen LogP contribution in [0.2, 0.25) is 0 Å². The van der Waals surface area contributed by atoms with Gasteiger partial charge in [0, 0.05) is 6.07 Å². The van der Waals surface area contributed by atoms with Crippen molar-refractivity contribution >= 4 is 11.6 Å². The maximum absolute atomic E-state index is 12.4. The van der Waals surface area contributed by atoms with Gasteiger partial charge >= 0.3 is 6.61 Å². The first-order valence-corrected chi connectivity index (χ1v) is 6.52. The van der Waals surface area contributed by atoms with Gasteiger partial charge in [0.2, 0.25) is 5.91 Å². The average molecular weight is 302 g/mol. The predicted octanol–water partition coefficient (Wildman–Crippen LogP) is 2.61. The molecule has 0 saturated heterocycles. The van der Waals surface area contributed by atoms with E-state index in [4.69, 9.17) is 10.5 Å². The minimum atomic E-state index is -2.99. The normalized spacial score (nSPS) is 12.4. The summed E-state index contributed by atoms with van der Waals surface area (Å²) in [4.78, 5) is 12.0. The fourth-order valence-electron chi connectivity index (χ4n) is 1.77. The monoisotopic (exact) mass is 302 g/mol. The third-order valence-electron chi connectivity index (χ3n) is 2.72. The zero-order valence-corrected chi connectivity index (χ0v) is 12.2. The van der Waals surface area contributed by atoms with Crippen molar-refractivity contribution in [2.75, 3.05) is 12.4 Å². The van der Waals surface area contributed by atoms with Gasteiger partial charge in [0.25, 0.3) is 0 Å². The largest absolute Gasteiger partial charge is 0.497 e. The summed E-state index contributed by atoms with van der Waals surface area (Å²) in [6.45, 7) is 0.881. The maximum Gasteiger partial charge on any atom is 0.387 e. The molecule has 1 rings (SSSR count). The Labute approximate surface area is 122 Å². The quantitative estimate of drug-likeness (QED) is 0.812. The summed E-state index contributed by atoms with van der Waals surface area (Å²) in [6, 6.07) is 3.43. The summed E-state index contributed by atoms with van der Waals surface area (Å²) < 4.78 is 34.1. The highest BCUT2D eigenvalue weighted by Gasteiger charge is 2.18. The van der Waals surface area contributed by atoms with Gasteiger partial charge in [0.05, 0.1) is 18.8 Å². The molecule has 0 fully saturated rings. The highest BCUT2D eigenvalue weighted by atomic mass is 19.3. The number of ether oxygens (including phenoxy) is 2. The van der Waals surface area contributed by atoms with Crippen molar-refractivity contribution in [3.05, 3.63) is 18.2 Å². The van der Waals surface area contributed by atoms with Gasteiger partial charge in [-0.05, 0) is 24.5 Å². The van der Waals surface area contributed by atoms with Crippen LogP contribution in [0.4, 0.5) is 14.5 Å². The fraction of sp³-hybridized carbons (Fsp3) is 0.500. The Bertz CT molecular complexity index is 481. The average Bonchev–Trinajstić information content (AvgIpc) is 2.39. The Balaban J connectivity index is 2.90. The van der Waals surface area contributed by atoms with E-state index in [1.165, 1.54) is 25.3 Å². The number of alkyl halides is 2. The molecule has 0 spiro atoms. The number of benzene rings is 1. The molecule has 3 N–H and O–H groups in total. The van der Waals surface area contributed by atoms with Gasteiger partial charge in [-0.3, -0.25) is 4.79 Å². The number of hydrogen-bond donors (Lipinski definition) is 2. The zero-order valence-electron chi connectivity index (χ0n) is 12.2. The fourth-order valence-corrected chi connectivity index (χ4v) is 1.77. The van der Waals surface area contributed by atoms with Crippen LogP contribution >= 0.6 is 0 Å². The SMILES string of the molecule is COc1ccc(OC(F)F)c(NC(=O)C(N)CC(C)C)c1. The lowest BCUT2D eigenvalue weighted by Crippen LogP contribution is -2.36. The topological polar surface area (TPSA) is 73.6 Å². The molecule has 0 saturated carbocycles. The van der Waals surface area contributed by atoms with Gasteiger partial charge in [-0.25, -0.2) is 0 Å². The Morgan fingerprint density at radius 3 is 2.57 bits per heavy atom. The first-order valence-electron chi connectivity index (χ1n) is 6.52. The molecule has 1 amide bonds. The molecule has 5 nitrogen and oxygen atoms in total. The lowest BCUT2D eigenvalue weighted by atomic mass is 10.0. The third kappa shape index (κ3) is 5.55. The smallest absolute Gasteiger partial charge is 0.387 e. The lowest BCUT2D eigenvalue weighted by Gasteiger charge is -2.17. The van der Waals surface area contributed by atoms with Crippen molar-refractivity contribution in [1.82, 2.24) is 0 Å². The van der Waals surface area contributed by atoms with Crippen LogP contribution in [0.1, 0.15) is 20.3 Å². The molecular formula is C14H20F2N2O3. The Hall–Kier alpha value is -1.89. The molecule has 1 unspecified atom stereocenters. The zero-order chi connectivity index (χ0) is 16.0. The number of halogens is 2. The van der Waals surface area contributed by atoms with Crippen LogP contribution in [-0.2, 0) is 4.79 Å². The predicted molar refractivity (Wildman–Crippen MR) is 75.7 cm³/mol. The summed E-state index contributed by atoms with van der Waals surface area (Å²) in [5, 5.41) is 2.49. The van der Waals surface area contributed by atoms with Crippen LogP contribution in [0.25, 0.3) is 0 Å². The molecule has 1 aromatic rings. The van der Waals surface area contributed by atoms with Crippen molar-refractivity contribution in [2.45, 2.75) is 32.9 Å². The van der Waals surface area contributed by atoms with Crippen LogP contribution < -0.4 is 20.5 Å². The number of amides is 1. The van der Waals surface area contributed by atoms with Crippen molar-refractivity contribution in [3.8, 4) is 11.5 Å². The van der Waals surface area contributed by atoms with Gasteiger partial charge in [0.1, 0.15) is 11.5 Å². The Kier molecular flexibility index (Phi) is 6.36. The second kappa shape index (κ2) is 7.78. The number of carbonyl (C=O) groups is 1. The van der Waals surface area contributed by atoms with E-state index in [1.807, 2.05) is 13.8 Å². The number of nitrogens with two attached hydrogens (primary N) is 1. The molecule has 0 aliphatic rings. The van der Waals surface area contributed by atoms with Gasteiger partial charge < -0.3 is 20.5 Å². The van der Waals surface area contributed by atoms with E-state index in [1.54, 1.807) is 0 Å². The summed E-state index contributed by atoms with van der Waals surface area (Å²) in [6.07, 6.45) is 0.487. The molecule has 0 heterocycles. The summed E-state index contributed by atoms with van der Waals surface area (Å²) in [7, 11) is 1.43. The van der Waals surface area contributed by atoms with E-state index < -0.39 is 18.6 Å². The van der Waals surface area contributed by atoms with Gasteiger partial charge in [-0.1, -0.05) is 13.8 Å². The molecule has 0 bridgehead atoms. The molecule has 21 heavy (non-hydrogen) atoms. The van der Waals surface area contributed by atoms with Crippen LogP contribution in [0.3, 0.4) is 0 Å². The molecule has 0 radical (unpaired) electrons. The van der Waals surface area contributed by atoms with E-state index in [0.717, 1.165) is 0 Å². The Morgan fingerprint density at radius 2 is 2.05 bits per heavy atom. The number of anilines is 1. The van der Waals surface area contributed by atoms with Gasteiger partial charge in [0.15, 0.2) is 0 Å². The van der Waals surface area contributed by atoms with Crippen LogP contribution in [-0.4, -0.2) is 25.7 Å². The highest BCUT2D eigenvalue weighted by molar-refractivity contribution is 5.96. The second-order valence-electron chi connectivity index (χ2n) is 4.97. The van der Waals surface area contributed by atoms with E-state index >= 15 is 0 Å². The van der Waals surface area contributed by atoms with Crippen LogP contribution in [0.15, 0.2) is 18.2 Å². The van der Waals surface area contributed by atoms with E-state index in [-0.39, 0.29) is 17.4 Å². The molecular weight excluding hydrogens is 282 g/mol. The minimum Gasteiger partial charge on any atom is -0.497 e. The number of carbonyl (C=O) groups excluding carboxylic acids is 1. The van der Waals surface area contributed by atoms with E-state index in [0.29, 0.717) is 12.2 Å². The lowest BCUT2D eigenvalue weighted by molar-refractivity contribution is -0.117. The number of methoxy groups -OCH3 is 1. The molecule has 0 aliphatic carbocycles. The van der Waals surface area contributed by atoms with Crippen molar-refractivity contribution < 1.29 is 23.0 Å². The minimum absolute atomic E-state index is 0.0962. The van der Waals surface area contributed by atoms with Crippen LogP contribution in [0, 0.1) is 5.92 Å². The summed E-state index contributed by atoms with van der Waals surface area (Å²) in [5.74, 6) is 0.0455. The van der Waals surface area contributed by atoms with Gasteiger partial charge in [-0.2, -0.15) is 8.78 Å². The molecule has 1 atom stereocenters. The summed E-state index contributed by atoms with van der Waals surface area (Å²) in [5.41, 5.74) is 5.85. The van der Waals surface area contributed by atoms with Gasteiger partial charge in [-0.15, -0.1) is 0 Å². The second-order valence-corrected chi connectivity index (χ2v) is 4.97. The summed E-state index contributed by atoms with van der Waals surface area (Å²) >= 11 is 0. The van der Waals surface area contributed by atoms with E-state index in [9.17, 15) is 13.6 Å². The highest BCUT2D eigenvalue weighted by Crippen LogP contribution is 2.30. The van der Waals surface area contributed by atoms with Crippen molar-refractivity contribution in [2.24, 2.45) is 11.7 Å². The Morgan fingerprint density at radius 1 is 1.38 bits per heavy atom. The van der Waals surface area contributed by atoms with Crippen molar-refractivity contribution in [3.63, 3.8) is 0 Å². The van der Waals surface area contributed by atoms with Crippen LogP contribution in [0.5, 0.6) is 11.5 Å². The maximum atomic E-state index is 12.4. The molecule has 7 heteroatoms. The molecule has 0 aromatic heterocycles.